The van der Waals surface area contributed by atoms with Crippen LogP contribution in [0.25, 0.3) is 0 Å². The van der Waals surface area contributed by atoms with E-state index in [2.05, 4.69) is 5.32 Å². The Labute approximate surface area is 83.7 Å². The molecule has 1 N–H and O–H groups in total. The molecular weight excluding hydrogens is 158 g/mol. The number of nitrogens with one attached hydrogen (secondary N) is 1. The summed E-state index contributed by atoms with van der Waals surface area (Å²) >= 11 is 0. The Morgan fingerprint density at radius 1 is 1.31 bits per heavy atom. The quantitative estimate of drug-likeness (QED) is 0.648. The van der Waals surface area contributed by atoms with Gasteiger partial charge in [0, 0.05) is 10.7 Å². The van der Waals surface area contributed by atoms with Gasteiger partial charge in [-0.2, -0.15) is 0 Å². The lowest BCUT2D eigenvalue weighted by Gasteiger charge is -2.22. The van der Waals surface area contributed by atoms with Gasteiger partial charge in [-0.1, -0.05) is 49.3 Å². The van der Waals surface area contributed by atoms with Gasteiger partial charge in [0.25, 0.3) is 0 Å². The van der Waals surface area contributed by atoms with Crippen molar-refractivity contribution in [3.8, 4) is 0 Å². The first-order chi connectivity index (χ1) is 7.57. The van der Waals surface area contributed by atoms with Gasteiger partial charge in [0.15, 0.2) is 0 Å². The van der Waals surface area contributed by atoms with Crippen LogP contribution in [0, 0.1) is 5.92 Å². The van der Waals surface area contributed by atoms with E-state index < -0.39 is 6.85 Å². The number of benzene rings is 1. The van der Waals surface area contributed by atoms with Gasteiger partial charge in [-0.15, -0.1) is 0 Å². The maximum Gasteiger partial charge on any atom is 0.0506 e. The molecule has 0 radical (unpaired) electrons. The first-order valence-corrected chi connectivity index (χ1v) is 4.54. The molecule has 0 spiro atoms. The number of hydrogen-bond donors (Lipinski definition) is 1. The Morgan fingerprint density at radius 3 is 2.77 bits per heavy atom. The number of hydrogen-bond acceptors (Lipinski definition) is 1. The highest BCUT2D eigenvalue weighted by atomic mass is 14.9. The lowest BCUT2D eigenvalue weighted by molar-refractivity contribution is 0.522. The minimum Gasteiger partial charge on any atom is -0.306 e. The van der Waals surface area contributed by atoms with Gasteiger partial charge in [-0.25, -0.2) is 0 Å². The molecule has 0 aliphatic carbocycles. The fourth-order valence-electron chi connectivity index (χ4n) is 1.52. The number of rotatable bonds is 1. The van der Waals surface area contributed by atoms with Crippen molar-refractivity contribution in [1.29, 1.82) is 0 Å². The minimum absolute atomic E-state index is 0.139. The third kappa shape index (κ3) is 1.99. The van der Waals surface area contributed by atoms with Crippen molar-refractivity contribution in [3.05, 3.63) is 48.0 Å². The molecule has 2 rings (SSSR count). The van der Waals surface area contributed by atoms with Crippen LogP contribution < -0.4 is 5.32 Å². The summed E-state index contributed by atoms with van der Waals surface area (Å²) < 4.78 is 22.0. The second-order valence-electron chi connectivity index (χ2n) is 3.29. The van der Waals surface area contributed by atoms with Crippen molar-refractivity contribution in [2.45, 2.75) is 12.9 Å². The Balaban J connectivity index is 2.09. The van der Waals surface area contributed by atoms with E-state index in [0.717, 1.165) is 0 Å². The summed E-state index contributed by atoms with van der Waals surface area (Å²) in [5.41, 5.74) is 1.17. The maximum absolute atomic E-state index is 7.34. The Hall–Kier alpha value is -1.08. The van der Waals surface area contributed by atoms with E-state index in [1.807, 2.05) is 36.4 Å². The second-order valence-corrected chi connectivity index (χ2v) is 3.29. The van der Waals surface area contributed by atoms with E-state index in [9.17, 15) is 0 Å². The van der Waals surface area contributed by atoms with E-state index >= 15 is 0 Å². The summed E-state index contributed by atoms with van der Waals surface area (Å²) in [6, 6.07) is 10.2. The fraction of sp³-hybridized carbons (Fsp3) is 0.333. The van der Waals surface area contributed by atoms with Crippen LogP contribution in [0.5, 0.6) is 0 Å². The normalized spacial score (nSPS) is 31.8. The Kier molecular flexibility index (Phi) is 1.62. The molecule has 1 aromatic carbocycles. The predicted molar refractivity (Wildman–Crippen MR) is 55.5 cm³/mol. The molecule has 0 aromatic heterocycles. The Bertz CT molecular complexity index is 370. The van der Waals surface area contributed by atoms with Gasteiger partial charge in [0.2, 0.25) is 0 Å². The fourth-order valence-corrected chi connectivity index (χ4v) is 1.52. The summed E-state index contributed by atoms with van der Waals surface area (Å²) in [6.45, 7) is -1.39. The highest BCUT2D eigenvalue weighted by molar-refractivity contribution is 5.24. The van der Waals surface area contributed by atoms with Crippen molar-refractivity contribution in [2.24, 2.45) is 5.92 Å². The van der Waals surface area contributed by atoms with Gasteiger partial charge < -0.3 is 5.32 Å². The molecule has 1 aromatic rings. The standard InChI is InChI=1S/C12H15N/c1-10-7-8-12(13-9-10)11-5-3-2-4-6-11/h2-8,10,12-13H,9H2,1H3/i1D3. The summed E-state index contributed by atoms with van der Waals surface area (Å²) in [6.07, 6.45) is 3.75. The van der Waals surface area contributed by atoms with E-state index in [4.69, 9.17) is 4.11 Å². The van der Waals surface area contributed by atoms with Crippen LogP contribution in [0.1, 0.15) is 22.6 Å². The molecule has 0 bridgehead atoms. The van der Waals surface area contributed by atoms with E-state index in [1.54, 1.807) is 6.08 Å². The highest BCUT2D eigenvalue weighted by Gasteiger charge is 2.12. The van der Waals surface area contributed by atoms with Gasteiger partial charge in [-0.05, 0) is 11.5 Å². The van der Waals surface area contributed by atoms with E-state index in [-0.39, 0.29) is 12.0 Å². The topological polar surface area (TPSA) is 12.0 Å². The molecule has 0 amide bonds. The van der Waals surface area contributed by atoms with Crippen molar-refractivity contribution in [3.63, 3.8) is 0 Å². The molecule has 13 heavy (non-hydrogen) atoms. The minimum atomic E-state index is -1.90. The summed E-state index contributed by atoms with van der Waals surface area (Å²) in [5.74, 6) is -0.368. The molecule has 1 heterocycles. The molecule has 0 saturated carbocycles. The predicted octanol–water partition coefficient (Wildman–Crippen LogP) is 2.52. The lowest BCUT2D eigenvalue weighted by atomic mass is 9.99. The van der Waals surface area contributed by atoms with E-state index in [0.29, 0.717) is 6.54 Å². The molecule has 2 atom stereocenters. The molecule has 2 unspecified atom stereocenters. The monoisotopic (exact) mass is 176 g/mol. The SMILES string of the molecule is [2H]C([2H])([2H])C1C=CC(c2ccccc2)NC1. The second kappa shape index (κ2) is 3.75. The molecule has 1 aliphatic heterocycles. The van der Waals surface area contributed by atoms with Crippen molar-refractivity contribution < 1.29 is 4.11 Å². The van der Waals surface area contributed by atoms with Crippen LogP contribution in [0.4, 0.5) is 0 Å². The summed E-state index contributed by atoms with van der Waals surface area (Å²) in [7, 11) is 0. The van der Waals surface area contributed by atoms with Gasteiger partial charge >= 0.3 is 0 Å². The van der Waals surface area contributed by atoms with Crippen LogP contribution >= 0.6 is 0 Å². The zero-order valence-corrected chi connectivity index (χ0v) is 7.40. The van der Waals surface area contributed by atoms with Crippen molar-refractivity contribution >= 4 is 0 Å². The molecular formula is C12H15N. The van der Waals surface area contributed by atoms with Gasteiger partial charge in [-0.3, -0.25) is 0 Å². The molecule has 1 heteroatoms. The summed E-state index contributed by atoms with van der Waals surface area (Å²) in [4.78, 5) is 0. The van der Waals surface area contributed by atoms with Gasteiger partial charge in [0.05, 0.1) is 6.04 Å². The first kappa shape index (κ1) is 5.61. The molecule has 68 valence electrons. The lowest BCUT2D eigenvalue weighted by Crippen LogP contribution is -2.28. The average Bonchev–Trinajstić information content (AvgIpc) is 2.29. The first-order valence-electron chi connectivity index (χ1n) is 6.04. The van der Waals surface area contributed by atoms with Gasteiger partial charge in [0.1, 0.15) is 0 Å². The van der Waals surface area contributed by atoms with Crippen molar-refractivity contribution in [1.82, 2.24) is 5.32 Å². The molecule has 1 nitrogen and oxygen atoms in total. The third-order valence-corrected chi connectivity index (χ3v) is 2.25. The van der Waals surface area contributed by atoms with Crippen molar-refractivity contribution in [2.75, 3.05) is 6.54 Å². The Morgan fingerprint density at radius 2 is 2.15 bits per heavy atom. The maximum atomic E-state index is 7.34. The average molecular weight is 176 g/mol. The zero-order valence-electron chi connectivity index (χ0n) is 10.4. The van der Waals surface area contributed by atoms with Crippen LogP contribution in [-0.4, -0.2) is 6.54 Å². The van der Waals surface area contributed by atoms with Crippen LogP contribution in [0.3, 0.4) is 0 Å². The largest absolute Gasteiger partial charge is 0.306 e. The molecule has 1 aliphatic rings. The summed E-state index contributed by atoms with van der Waals surface area (Å²) in [5, 5.41) is 3.25. The highest BCUT2D eigenvalue weighted by Crippen LogP contribution is 2.18. The smallest absolute Gasteiger partial charge is 0.0506 e. The third-order valence-electron chi connectivity index (χ3n) is 2.25. The van der Waals surface area contributed by atoms with E-state index in [1.165, 1.54) is 5.56 Å². The zero-order chi connectivity index (χ0) is 11.6. The van der Waals surface area contributed by atoms with Crippen LogP contribution in [0.15, 0.2) is 42.5 Å². The van der Waals surface area contributed by atoms with Crippen LogP contribution in [-0.2, 0) is 0 Å². The van der Waals surface area contributed by atoms with Crippen LogP contribution in [0.2, 0.25) is 0 Å². The molecule has 0 saturated heterocycles. The molecule has 0 fully saturated rings.